The first kappa shape index (κ1) is 35.8. The quantitative estimate of drug-likeness (QED) is 0.165. The molecule has 5 nitrogen and oxygen atoms in total. The van der Waals surface area contributed by atoms with Crippen molar-refractivity contribution in [1.29, 1.82) is 0 Å². The number of rotatable bonds is 4. The van der Waals surface area contributed by atoms with Crippen molar-refractivity contribution in [3.8, 4) is 22.5 Å². The summed E-state index contributed by atoms with van der Waals surface area (Å²) in [6.45, 7) is 22.5. The summed E-state index contributed by atoms with van der Waals surface area (Å²) in [6, 6.07) is 40.3. The van der Waals surface area contributed by atoms with Gasteiger partial charge in [-0.05, 0) is 73.8 Å². The summed E-state index contributed by atoms with van der Waals surface area (Å²) in [5, 5.41) is 7.85. The normalized spacial score (nSPS) is 13.3. The number of hydrogen-bond donors (Lipinski definition) is 0. The van der Waals surface area contributed by atoms with Crippen LogP contribution >= 0.6 is 0 Å². The van der Waals surface area contributed by atoms with Gasteiger partial charge in [0, 0.05) is 54.4 Å². The van der Waals surface area contributed by atoms with Gasteiger partial charge in [-0.1, -0.05) is 101 Å². The molecule has 5 aromatic carbocycles. The molecule has 52 heavy (non-hydrogen) atoms. The summed E-state index contributed by atoms with van der Waals surface area (Å²) in [5.74, 6) is 0. The van der Waals surface area contributed by atoms with Crippen molar-refractivity contribution in [2.45, 2.75) is 73.1 Å². The molecule has 0 atom stereocenters. The second-order valence-corrected chi connectivity index (χ2v) is 16.2. The van der Waals surface area contributed by atoms with E-state index >= 15 is 0 Å². The average Bonchev–Trinajstić information content (AvgIpc) is 3.74. The van der Waals surface area contributed by atoms with Crippen molar-refractivity contribution in [3.05, 3.63) is 138 Å². The summed E-state index contributed by atoms with van der Waals surface area (Å²) in [7, 11) is 2.09. The third kappa shape index (κ3) is 5.78. The molecule has 0 bridgehead atoms. The van der Waals surface area contributed by atoms with E-state index in [1.165, 1.54) is 44.6 Å². The number of hydrogen-bond acceptors (Lipinski definition) is 3. The fraction of sp³-hybridized carbons (Fsp3) is 0.261. The monoisotopic (exact) mass is 863 g/mol. The summed E-state index contributed by atoms with van der Waals surface area (Å²) in [5.41, 5.74) is 15.6. The van der Waals surface area contributed by atoms with E-state index in [2.05, 4.69) is 198 Å². The van der Waals surface area contributed by atoms with Gasteiger partial charge in [-0.15, -0.1) is 41.4 Å². The molecule has 1 aliphatic heterocycles. The van der Waals surface area contributed by atoms with Crippen LogP contribution in [0.2, 0.25) is 0 Å². The molecule has 0 spiro atoms. The van der Waals surface area contributed by atoms with E-state index in [-0.39, 0.29) is 31.9 Å². The van der Waals surface area contributed by atoms with Crippen LogP contribution < -0.4 is 9.80 Å². The van der Waals surface area contributed by atoms with Crippen LogP contribution in [-0.4, -0.2) is 21.4 Å². The first-order valence-corrected chi connectivity index (χ1v) is 17.9. The van der Waals surface area contributed by atoms with E-state index < -0.39 is 0 Å². The van der Waals surface area contributed by atoms with E-state index in [1.807, 2.05) is 0 Å². The molecule has 0 unspecified atom stereocenters. The van der Waals surface area contributed by atoms with Gasteiger partial charge in [0.25, 0.3) is 0 Å². The Labute approximate surface area is 323 Å². The van der Waals surface area contributed by atoms with Crippen molar-refractivity contribution in [3.63, 3.8) is 0 Å². The molecule has 0 fully saturated rings. The topological polar surface area (TPSA) is 29.2 Å². The second kappa shape index (κ2) is 12.8. The van der Waals surface area contributed by atoms with Crippen LogP contribution in [0, 0.1) is 39.6 Å². The zero-order chi connectivity index (χ0) is 36.0. The number of aromatic nitrogens is 3. The fourth-order valence-corrected chi connectivity index (χ4v) is 8.05. The molecule has 0 aliphatic carbocycles. The molecular weight excluding hydrogens is 818 g/mol. The fourth-order valence-electron chi connectivity index (χ4n) is 8.05. The maximum atomic E-state index is 5.51. The summed E-state index contributed by atoms with van der Waals surface area (Å²) >= 11 is 0. The Kier molecular flexibility index (Phi) is 8.82. The van der Waals surface area contributed by atoms with Gasteiger partial charge in [0.05, 0.1) is 11.4 Å². The number of aryl methyl sites for hydroxylation is 3. The SMILES string of the molecule is Cc1cc(C)c(-c2c(C(C)(C)C)nn(-c3[c-]c4c(cc3)c3ccccc3n4-c3[c-]c(N4[CH-]N(C)c5ccccc54)ccc3)c2C(C)(C)C)c(C)c1.[Pt]. The smallest absolute Gasteiger partial charge is 0.0763 e. The van der Waals surface area contributed by atoms with Gasteiger partial charge in [-0.25, -0.2) is 0 Å². The number of para-hydroxylation sites is 3. The Hall–Kier alpha value is -4.60. The van der Waals surface area contributed by atoms with Crippen LogP contribution in [0.25, 0.3) is 44.3 Å². The van der Waals surface area contributed by atoms with Crippen LogP contribution in [0.1, 0.15) is 69.6 Å². The second-order valence-electron chi connectivity index (χ2n) is 16.2. The molecule has 1 aliphatic rings. The molecular formula is C46H46N5Pt-3. The summed E-state index contributed by atoms with van der Waals surface area (Å²) < 4.78 is 4.49. The molecule has 0 saturated carbocycles. The van der Waals surface area contributed by atoms with Crippen LogP contribution in [0.15, 0.2) is 91.0 Å². The zero-order valence-corrected chi connectivity index (χ0v) is 34.1. The molecule has 3 heterocycles. The minimum absolute atomic E-state index is 0. The third-order valence-corrected chi connectivity index (χ3v) is 10.1. The molecule has 7 aromatic rings. The first-order valence-electron chi connectivity index (χ1n) is 17.9. The van der Waals surface area contributed by atoms with Gasteiger partial charge in [-0.2, -0.15) is 23.9 Å². The van der Waals surface area contributed by atoms with Crippen LogP contribution in [-0.2, 0) is 31.9 Å². The first-order chi connectivity index (χ1) is 24.2. The average molecular weight is 864 g/mol. The standard InChI is InChI=1S/C46H46N5.Pt/c1-29-24-30(2)41(31(3)25-29)42-43(45(4,5)6)47-51(44(42)46(7,8)9)34-22-23-36-35-18-11-12-19-37(35)50(40(36)27-34)33-17-15-16-32(26-33)49-28-48(10)38-20-13-14-21-39(38)49;/h11-25,28H,1-10H3;/q-3;. The van der Waals surface area contributed by atoms with Crippen molar-refractivity contribution < 1.29 is 21.1 Å². The van der Waals surface area contributed by atoms with Crippen LogP contribution in [0.5, 0.6) is 0 Å². The van der Waals surface area contributed by atoms with Crippen molar-refractivity contribution >= 4 is 38.9 Å². The Bertz CT molecular complexity index is 2460. The minimum atomic E-state index is -0.205. The molecule has 6 heteroatoms. The van der Waals surface area contributed by atoms with Gasteiger partial charge in [0.2, 0.25) is 0 Å². The Morgan fingerprint density at radius 2 is 1.29 bits per heavy atom. The maximum absolute atomic E-state index is 5.51. The molecule has 8 rings (SSSR count). The molecule has 0 saturated heterocycles. The summed E-state index contributed by atoms with van der Waals surface area (Å²) in [4.78, 5) is 4.37. The number of fused-ring (bicyclic) bond motifs is 4. The zero-order valence-electron chi connectivity index (χ0n) is 31.8. The van der Waals surface area contributed by atoms with Crippen molar-refractivity contribution in [2.75, 3.05) is 16.8 Å². The molecule has 0 amide bonds. The Morgan fingerprint density at radius 3 is 1.98 bits per heavy atom. The summed E-state index contributed by atoms with van der Waals surface area (Å²) in [6.07, 6.45) is 0. The molecule has 0 radical (unpaired) electrons. The van der Waals surface area contributed by atoms with E-state index in [4.69, 9.17) is 5.10 Å². The van der Waals surface area contributed by atoms with E-state index in [9.17, 15) is 0 Å². The molecule has 0 N–H and O–H groups in total. The van der Waals surface area contributed by atoms with Gasteiger partial charge >= 0.3 is 0 Å². The van der Waals surface area contributed by atoms with Gasteiger partial charge in [0.1, 0.15) is 0 Å². The minimum Gasteiger partial charge on any atom is -0.504 e. The predicted molar refractivity (Wildman–Crippen MR) is 214 cm³/mol. The van der Waals surface area contributed by atoms with Gasteiger partial charge < -0.3 is 14.4 Å². The Morgan fingerprint density at radius 1 is 0.635 bits per heavy atom. The van der Waals surface area contributed by atoms with Crippen molar-refractivity contribution in [1.82, 2.24) is 14.3 Å². The van der Waals surface area contributed by atoms with E-state index in [0.29, 0.717) is 0 Å². The number of nitrogens with zero attached hydrogens (tertiary/aromatic N) is 5. The van der Waals surface area contributed by atoms with Crippen molar-refractivity contribution in [2.24, 2.45) is 0 Å². The van der Waals surface area contributed by atoms with E-state index in [1.54, 1.807) is 0 Å². The van der Waals surface area contributed by atoms with E-state index in [0.717, 1.165) is 44.9 Å². The number of benzene rings is 5. The number of anilines is 3. The molecule has 268 valence electrons. The largest absolute Gasteiger partial charge is 0.504 e. The van der Waals surface area contributed by atoms with Gasteiger partial charge in [0.15, 0.2) is 0 Å². The Balaban J connectivity index is 0.00000420. The predicted octanol–water partition coefficient (Wildman–Crippen LogP) is 11.5. The van der Waals surface area contributed by atoms with Crippen LogP contribution in [0.4, 0.5) is 17.1 Å². The third-order valence-electron chi connectivity index (χ3n) is 10.1. The maximum Gasteiger partial charge on any atom is 0.0763 e. The van der Waals surface area contributed by atoms with Gasteiger partial charge in [-0.3, -0.25) is 4.68 Å². The van der Waals surface area contributed by atoms with Crippen LogP contribution in [0.3, 0.4) is 0 Å². The molecule has 2 aromatic heterocycles.